The van der Waals surface area contributed by atoms with E-state index in [9.17, 15) is 13.2 Å². The van der Waals surface area contributed by atoms with Gasteiger partial charge in [-0.25, -0.2) is 0 Å². The van der Waals surface area contributed by atoms with Gasteiger partial charge in [-0.2, -0.15) is 13.2 Å². The summed E-state index contributed by atoms with van der Waals surface area (Å²) in [5, 5.41) is 3.02. The molecule has 0 amide bonds. The highest BCUT2D eigenvalue weighted by molar-refractivity contribution is 14.0. The summed E-state index contributed by atoms with van der Waals surface area (Å²) in [6.45, 7) is 1.78. The Hall–Kier alpha value is -1.43. The Morgan fingerprint density at radius 1 is 1.18 bits per heavy atom. The zero-order valence-electron chi connectivity index (χ0n) is 15.5. The minimum atomic E-state index is -4.14. The number of anilines is 1. The van der Waals surface area contributed by atoms with Gasteiger partial charge in [-0.15, -0.1) is 24.0 Å². The Labute approximate surface area is 179 Å². The van der Waals surface area contributed by atoms with E-state index in [4.69, 9.17) is 15.2 Å². The maximum atomic E-state index is 12.4. The number of nitrogens with one attached hydrogen (secondary N) is 1. The molecule has 0 aromatic heterocycles. The van der Waals surface area contributed by atoms with E-state index in [0.717, 1.165) is 12.1 Å². The summed E-state index contributed by atoms with van der Waals surface area (Å²) in [6.07, 6.45) is -1.92. The average molecular weight is 514 g/mol. The second-order valence-electron chi connectivity index (χ2n) is 6.90. The maximum absolute atomic E-state index is 12.4. The summed E-state index contributed by atoms with van der Waals surface area (Å²) in [6, 6.07) is 5.48. The van der Waals surface area contributed by atoms with E-state index in [1.165, 1.54) is 4.90 Å². The van der Waals surface area contributed by atoms with Crippen LogP contribution in [0.25, 0.3) is 0 Å². The highest BCUT2D eigenvalue weighted by Crippen LogP contribution is 2.32. The molecule has 3 rings (SSSR count). The van der Waals surface area contributed by atoms with Gasteiger partial charge in [0, 0.05) is 24.7 Å². The van der Waals surface area contributed by atoms with Crippen molar-refractivity contribution >= 4 is 35.6 Å². The normalized spacial score (nSPS) is 18.9. The number of ether oxygens (including phenoxy) is 2. The zero-order chi connectivity index (χ0) is 19.3. The fourth-order valence-electron chi connectivity index (χ4n) is 3.24. The van der Waals surface area contributed by atoms with E-state index in [0.29, 0.717) is 57.2 Å². The van der Waals surface area contributed by atoms with Gasteiger partial charge in [0.05, 0.1) is 19.8 Å². The molecular weight excluding hydrogens is 488 g/mol. The smallest absolute Gasteiger partial charge is 0.401 e. The lowest BCUT2D eigenvalue weighted by atomic mass is 9.97. The van der Waals surface area contributed by atoms with Crippen molar-refractivity contribution in [3.63, 3.8) is 0 Å². The topological polar surface area (TPSA) is 72.1 Å². The number of guanidine groups is 1. The summed E-state index contributed by atoms with van der Waals surface area (Å²) in [7, 11) is 0. The van der Waals surface area contributed by atoms with Gasteiger partial charge in [0.15, 0.2) is 17.5 Å². The van der Waals surface area contributed by atoms with Gasteiger partial charge >= 0.3 is 6.18 Å². The van der Waals surface area contributed by atoms with Gasteiger partial charge in [0.2, 0.25) is 0 Å². The van der Waals surface area contributed by atoms with Crippen LogP contribution in [0.1, 0.15) is 19.3 Å². The van der Waals surface area contributed by atoms with E-state index in [1.54, 1.807) is 0 Å². The molecule has 3 N–H and O–H groups in total. The second kappa shape index (κ2) is 10.4. The van der Waals surface area contributed by atoms with Gasteiger partial charge in [-0.05, 0) is 44.0 Å². The first-order valence-electron chi connectivity index (χ1n) is 9.15. The summed E-state index contributed by atoms with van der Waals surface area (Å²) in [5.41, 5.74) is 6.70. The molecule has 1 saturated heterocycles. The first-order chi connectivity index (χ1) is 12.9. The van der Waals surface area contributed by atoms with E-state index in [-0.39, 0.29) is 35.9 Å². The summed E-state index contributed by atoms with van der Waals surface area (Å²) >= 11 is 0. The molecule has 1 fully saturated rings. The molecule has 2 heterocycles. The molecule has 0 atom stereocenters. The number of nitrogens with zero attached hydrogens (tertiary/aromatic N) is 2. The van der Waals surface area contributed by atoms with Crippen LogP contribution in [0.15, 0.2) is 23.2 Å². The molecule has 10 heteroatoms. The van der Waals surface area contributed by atoms with Gasteiger partial charge in [0.1, 0.15) is 0 Å². The van der Waals surface area contributed by atoms with Gasteiger partial charge < -0.3 is 20.5 Å². The number of likely N-dealkylation sites (tertiary alicyclic amines) is 1. The monoisotopic (exact) mass is 514 g/mol. The number of piperidine rings is 1. The summed E-state index contributed by atoms with van der Waals surface area (Å²) < 4.78 is 48.5. The lowest BCUT2D eigenvalue weighted by Crippen LogP contribution is -2.40. The molecular formula is C18H26F3IN4O2. The van der Waals surface area contributed by atoms with Crippen molar-refractivity contribution in [3.8, 4) is 11.5 Å². The number of hydrogen-bond donors (Lipinski definition) is 2. The Balaban J connectivity index is 0.00000280. The second-order valence-corrected chi connectivity index (χ2v) is 6.90. The van der Waals surface area contributed by atoms with Crippen molar-refractivity contribution in [2.45, 2.75) is 25.4 Å². The third-order valence-corrected chi connectivity index (χ3v) is 4.65. The quantitative estimate of drug-likeness (QED) is 0.366. The fourth-order valence-corrected chi connectivity index (χ4v) is 3.24. The Kier molecular flexibility index (Phi) is 8.47. The Morgan fingerprint density at radius 2 is 1.86 bits per heavy atom. The van der Waals surface area contributed by atoms with E-state index >= 15 is 0 Å². The summed E-state index contributed by atoms with van der Waals surface area (Å²) in [4.78, 5) is 5.79. The fraction of sp³-hybridized carbons (Fsp3) is 0.611. The molecule has 0 spiro atoms. The van der Waals surface area contributed by atoms with Crippen molar-refractivity contribution in [3.05, 3.63) is 18.2 Å². The molecule has 28 heavy (non-hydrogen) atoms. The minimum Gasteiger partial charge on any atom is -0.490 e. The van der Waals surface area contributed by atoms with Crippen LogP contribution >= 0.6 is 24.0 Å². The number of hydrogen-bond acceptors (Lipinski definition) is 4. The standard InChI is InChI=1S/C18H25F3N4O2.HI/c19-18(20,21)12-25-6-4-13(5-7-25)11-23-17(22)24-14-2-3-15-16(10-14)27-9-1-8-26-15;/h2-3,10,13H,1,4-9,11-12H2,(H3,22,23,24);1H. The van der Waals surface area contributed by atoms with Crippen LogP contribution in [0.2, 0.25) is 0 Å². The molecule has 1 aromatic carbocycles. The van der Waals surface area contributed by atoms with Crippen molar-refractivity contribution < 1.29 is 22.6 Å². The average Bonchev–Trinajstić information content (AvgIpc) is 2.85. The zero-order valence-corrected chi connectivity index (χ0v) is 17.8. The SMILES string of the molecule is I.NC(=NCC1CCN(CC(F)(F)F)CC1)Nc1ccc2c(c1)OCCCO2. The van der Waals surface area contributed by atoms with E-state index in [1.807, 2.05) is 18.2 Å². The Morgan fingerprint density at radius 3 is 2.54 bits per heavy atom. The molecule has 2 aliphatic rings. The third kappa shape index (κ3) is 7.19. The van der Waals surface area contributed by atoms with Crippen molar-refractivity contribution in [1.29, 1.82) is 0 Å². The molecule has 0 bridgehead atoms. The molecule has 158 valence electrons. The van der Waals surface area contributed by atoms with E-state index in [2.05, 4.69) is 10.3 Å². The molecule has 0 radical (unpaired) electrons. The van der Waals surface area contributed by atoms with Crippen LogP contribution in [0.3, 0.4) is 0 Å². The summed E-state index contributed by atoms with van der Waals surface area (Å²) in [5.74, 6) is 1.90. The number of rotatable bonds is 4. The van der Waals surface area contributed by atoms with Crippen LogP contribution in [0.4, 0.5) is 18.9 Å². The van der Waals surface area contributed by atoms with Gasteiger partial charge in [-0.3, -0.25) is 9.89 Å². The number of halogens is 4. The first kappa shape index (κ1) is 22.9. The molecule has 2 aliphatic heterocycles. The number of nitrogens with two attached hydrogens (primary N) is 1. The number of alkyl halides is 3. The predicted octanol–water partition coefficient (Wildman–Crippen LogP) is 3.47. The highest BCUT2D eigenvalue weighted by atomic mass is 127. The first-order valence-corrected chi connectivity index (χ1v) is 9.15. The van der Waals surface area contributed by atoms with Crippen LogP contribution in [-0.2, 0) is 0 Å². The molecule has 1 aromatic rings. The lowest BCUT2D eigenvalue weighted by Gasteiger charge is -2.31. The van der Waals surface area contributed by atoms with Crippen LogP contribution in [0, 0.1) is 5.92 Å². The largest absolute Gasteiger partial charge is 0.490 e. The maximum Gasteiger partial charge on any atom is 0.401 e. The predicted molar refractivity (Wildman–Crippen MR) is 113 cm³/mol. The number of aliphatic imine (C=N–C) groups is 1. The van der Waals surface area contributed by atoms with Gasteiger partial charge in [0.25, 0.3) is 0 Å². The van der Waals surface area contributed by atoms with Crippen LogP contribution in [0.5, 0.6) is 11.5 Å². The van der Waals surface area contributed by atoms with Crippen molar-refractivity contribution in [1.82, 2.24) is 4.90 Å². The minimum absolute atomic E-state index is 0. The van der Waals surface area contributed by atoms with Crippen molar-refractivity contribution in [2.24, 2.45) is 16.6 Å². The van der Waals surface area contributed by atoms with Gasteiger partial charge in [-0.1, -0.05) is 0 Å². The van der Waals surface area contributed by atoms with Crippen LogP contribution < -0.4 is 20.5 Å². The Bertz CT molecular complexity index is 665. The number of fused-ring (bicyclic) bond motifs is 1. The number of benzene rings is 1. The van der Waals surface area contributed by atoms with Crippen LogP contribution in [-0.4, -0.2) is 56.4 Å². The van der Waals surface area contributed by atoms with Crippen molar-refractivity contribution in [2.75, 3.05) is 44.7 Å². The van der Waals surface area contributed by atoms with E-state index < -0.39 is 12.7 Å². The highest BCUT2D eigenvalue weighted by Gasteiger charge is 2.32. The third-order valence-electron chi connectivity index (χ3n) is 4.65. The lowest BCUT2D eigenvalue weighted by molar-refractivity contribution is -0.148. The molecule has 0 aliphatic carbocycles. The molecule has 6 nitrogen and oxygen atoms in total. The molecule has 0 unspecified atom stereocenters. The molecule has 0 saturated carbocycles.